The molecule has 26 heavy (non-hydrogen) atoms. The van der Waals surface area contributed by atoms with Crippen LogP contribution in [0.25, 0.3) is 10.9 Å². The summed E-state index contributed by atoms with van der Waals surface area (Å²) < 4.78 is 28.2. The Morgan fingerprint density at radius 1 is 1.12 bits per heavy atom. The van der Waals surface area contributed by atoms with E-state index in [-0.39, 0.29) is 5.41 Å². The third-order valence-corrected chi connectivity index (χ3v) is 7.09. The molecule has 1 heterocycles. The van der Waals surface area contributed by atoms with E-state index < -0.39 is 10.0 Å². The Hall–Kier alpha value is -1.82. The van der Waals surface area contributed by atoms with Gasteiger partial charge in [0.25, 0.3) is 0 Å². The minimum Gasteiger partial charge on any atom is -0.361 e. The molecule has 0 spiro atoms. The molecule has 1 saturated carbocycles. The molecule has 0 aliphatic heterocycles. The van der Waals surface area contributed by atoms with Crippen LogP contribution in [0.1, 0.15) is 29.5 Å². The van der Waals surface area contributed by atoms with E-state index in [0.717, 1.165) is 40.4 Å². The van der Waals surface area contributed by atoms with Gasteiger partial charge in [0.05, 0.1) is 4.90 Å². The molecule has 0 saturated heterocycles. The van der Waals surface area contributed by atoms with Crippen LogP contribution in [0.15, 0.2) is 47.5 Å². The summed E-state index contributed by atoms with van der Waals surface area (Å²) in [5.41, 5.74) is 4.06. The van der Waals surface area contributed by atoms with E-state index in [1.807, 2.05) is 44.3 Å². The number of sulfonamides is 1. The molecule has 0 unspecified atom stereocenters. The maximum Gasteiger partial charge on any atom is 0.240 e. The van der Waals surface area contributed by atoms with Gasteiger partial charge >= 0.3 is 0 Å². The third kappa shape index (κ3) is 3.04. The number of benzene rings is 2. The molecule has 2 N–H and O–H groups in total. The fourth-order valence-electron chi connectivity index (χ4n) is 3.43. The van der Waals surface area contributed by atoms with Gasteiger partial charge in [0.2, 0.25) is 10.0 Å². The number of aromatic amines is 1. The van der Waals surface area contributed by atoms with Crippen LogP contribution in [0.3, 0.4) is 0 Å². The standard InChI is InChI=1S/C20H21ClN2O2S/c1-13-3-5-16(9-14(13)2)26(24,25)23-12-20(7-8-20)18-11-22-19-10-15(21)4-6-17(18)19/h3-6,9-11,22-23H,7-8,12H2,1-2H3. The van der Waals surface area contributed by atoms with Gasteiger partial charge in [-0.2, -0.15) is 0 Å². The highest BCUT2D eigenvalue weighted by Crippen LogP contribution is 2.50. The van der Waals surface area contributed by atoms with E-state index in [2.05, 4.69) is 9.71 Å². The van der Waals surface area contributed by atoms with Crippen molar-refractivity contribution < 1.29 is 8.42 Å². The monoisotopic (exact) mass is 388 g/mol. The van der Waals surface area contributed by atoms with Crippen molar-refractivity contribution in [2.45, 2.75) is 37.0 Å². The fourth-order valence-corrected chi connectivity index (χ4v) is 4.81. The Labute approximate surface area is 158 Å². The molecule has 0 bridgehead atoms. The van der Waals surface area contributed by atoms with Crippen molar-refractivity contribution in [1.82, 2.24) is 9.71 Å². The van der Waals surface area contributed by atoms with Crippen molar-refractivity contribution in [2.24, 2.45) is 0 Å². The summed E-state index contributed by atoms with van der Waals surface area (Å²) in [6, 6.07) is 11.0. The number of H-pyrrole nitrogens is 1. The van der Waals surface area contributed by atoms with Gasteiger partial charge in [0, 0.05) is 34.1 Å². The zero-order chi connectivity index (χ0) is 18.5. The number of aryl methyl sites for hydroxylation is 2. The quantitative estimate of drug-likeness (QED) is 0.678. The maximum atomic E-state index is 12.7. The first-order chi connectivity index (χ1) is 12.3. The maximum absolute atomic E-state index is 12.7. The highest BCUT2D eigenvalue weighted by molar-refractivity contribution is 7.89. The van der Waals surface area contributed by atoms with Crippen LogP contribution < -0.4 is 4.72 Å². The third-order valence-electron chi connectivity index (χ3n) is 5.46. The number of rotatable bonds is 5. The highest BCUT2D eigenvalue weighted by atomic mass is 35.5. The SMILES string of the molecule is Cc1ccc(S(=O)(=O)NCC2(c3c[nH]c4cc(Cl)ccc34)CC2)cc1C. The molecule has 0 radical (unpaired) electrons. The number of hydrogen-bond donors (Lipinski definition) is 2. The molecular weight excluding hydrogens is 368 g/mol. The molecule has 4 rings (SSSR count). The summed E-state index contributed by atoms with van der Waals surface area (Å²) in [4.78, 5) is 3.58. The molecule has 3 aromatic rings. The van der Waals surface area contributed by atoms with Gasteiger partial charge in [-0.15, -0.1) is 0 Å². The van der Waals surface area contributed by atoms with E-state index in [1.165, 1.54) is 0 Å². The first-order valence-electron chi connectivity index (χ1n) is 8.65. The van der Waals surface area contributed by atoms with E-state index in [4.69, 9.17) is 11.6 Å². The van der Waals surface area contributed by atoms with E-state index in [1.54, 1.807) is 12.1 Å². The van der Waals surface area contributed by atoms with Gasteiger partial charge in [-0.1, -0.05) is 23.7 Å². The van der Waals surface area contributed by atoms with Crippen LogP contribution >= 0.6 is 11.6 Å². The summed E-state index contributed by atoms with van der Waals surface area (Å²) in [6.07, 6.45) is 3.92. The van der Waals surface area contributed by atoms with Gasteiger partial charge in [-0.25, -0.2) is 13.1 Å². The van der Waals surface area contributed by atoms with Crippen LogP contribution in [0.2, 0.25) is 5.02 Å². The van der Waals surface area contributed by atoms with Gasteiger partial charge in [-0.05, 0) is 67.6 Å². The largest absolute Gasteiger partial charge is 0.361 e. The van der Waals surface area contributed by atoms with Crippen LogP contribution in [-0.4, -0.2) is 19.9 Å². The van der Waals surface area contributed by atoms with Gasteiger partial charge in [-0.3, -0.25) is 0 Å². The van der Waals surface area contributed by atoms with Gasteiger partial charge < -0.3 is 4.98 Å². The Kier molecular flexibility index (Phi) is 4.14. The van der Waals surface area contributed by atoms with Crippen LogP contribution in [-0.2, 0) is 15.4 Å². The topological polar surface area (TPSA) is 62.0 Å². The van der Waals surface area contributed by atoms with Crippen molar-refractivity contribution in [3.8, 4) is 0 Å². The Bertz CT molecular complexity index is 1100. The first kappa shape index (κ1) is 17.6. The number of nitrogens with one attached hydrogen (secondary N) is 2. The minimum absolute atomic E-state index is 0.140. The molecule has 2 aromatic carbocycles. The lowest BCUT2D eigenvalue weighted by Gasteiger charge is -2.16. The lowest BCUT2D eigenvalue weighted by molar-refractivity contribution is 0.567. The molecule has 1 fully saturated rings. The summed E-state index contributed by atoms with van der Waals surface area (Å²) >= 11 is 6.06. The smallest absolute Gasteiger partial charge is 0.240 e. The van der Waals surface area contributed by atoms with Crippen LogP contribution in [0.5, 0.6) is 0 Å². The van der Waals surface area contributed by atoms with Crippen molar-refractivity contribution in [2.75, 3.05) is 6.54 Å². The summed E-state index contributed by atoms with van der Waals surface area (Å²) in [7, 11) is -3.53. The number of aromatic nitrogens is 1. The molecule has 4 nitrogen and oxygen atoms in total. The summed E-state index contributed by atoms with van der Waals surface area (Å²) in [5.74, 6) is 0. The van der Waals surface area contributed by atoms with E-state index >= 15 is 0 Å². The Morgan fingerprint density at radius 3 is 2.58 bits per heavy atom. The molecular formula is C20H21ClN2O2S. The van der Waals surface area contributed by atoms with E-state index in [0.29, 0.717) is 16.5 Å². The van der Waals surface area contributed by atoms with Gasteiger partial charge in [0.1, 0.15) is 0 Å². The second-order valence-electron chi connectivity index (χ2n) is 7.24. The van der Waals surface area contributed by atoms with Crippen molar-refractivity contribution in [3.63, 3.8) is 0 Å². The first-order valence-corrected chi connectivity index (χ1v) is 10.5. The summed E-state index contributed by atoms with van der Waals surface area (Å²) in [5, 5.41) is 1.79. The van der Waals surface area contributed by atoms with Crippen molar-refractivity contribution in [3.05, 3.63) is 64.3 Å². The molecule has 1 aliphatic carbocycles. The lowest BCUT2D eigenvalue weighted by Crippen LogP contribution is -2.32. The number of fused-ring (bicyclic) bond motifs is 1. The zero-order valence-corrected chi connectivity index (χ0v) is 16.3. The number of hydrogen-bond acceptors (Lipinski definition) is 2. The number of halogens is 1. The average Bonchev–Trinajstić information content (AvgIpc) is 3.27. The normalized spacial score (nSPS) is 16.1. The molecule has 0 amide bonds. The van der Waals surface area contributed by atoms with Gasteiger partial charge in [0.15, 0.2) is 0 Å². The average molecular weight is 389 g/mol. The molecule has 136 valence electrons. The zero-order valence-electron chi connectivity index (χ0n) is 14.8. The molecule has 6 heteroatoms. The van der Waals surface area contributed by atoms with Crippen molar-refractivity contribution >= 4 is 32.5 Å². The second kappa shape index (κ2) is 6.12. The Morgan fingerprint density at radius 2 is 1.88 bits per heavy atom. The van der Waals surface area contributed by atoms with E-state index in [9.17, 15) is 8.42 Å². The minimum atomic E-state index is -3.53. The van der Waals surface area contributed by atoms with Crippen LogP contribution in [0.4, 0.5) is 0 Å². The molecule has 1 aromatic heterocycles. The fraction of sp³-hybridized carbons (Fsp3) is 0.300. The predicted octanol–water partition coefficient (Wildman–Crippen LogP) is 4.45. The molecule has 1 aliphatic rings. The van der Waals surface area contributed by atoms with Crippen molar-refractivity contribution in [1.29, 1.82) is 0 Å². The Balaban J connectivity index is 1.59. The predicted molar refractivity (Wildman–Crippen MR) is 105 cm³/mol. The van der Waals surface area contributed by atoms with Crippen LogP contribution in [0, 0.1) is 13.8 Å². The second-order valence-corrected chi connectivity index (χ2v) is 9.45. The highest BCUT2D eigenvalue weighted by Gasteiger charge is 2.46. The molecule has 0 atom stereocenters. The lowest BCUT2D eigenvalue weighted by atomic mass is 9.96. The summed E-state index contributed by atoms with van der Waals surface area (Å²) in [6.45, 7) is 4.30.